The topological polar surface area (TPSA) is 83.4 Å². The van der Waals surface area contributed by atoms with E-state index < -0.39 is 5.60 Å². The Kier molecular flexibility index (Phi) is 3.09. The van der Waals surface area contributed by atoms with Crippen LogP contribution in [-0.4, -0.2) is 36.0 Å². The molecule has 2 N–H and O–H groups in total. The van der Waals surface area contributed by atoms with Gasteiger partial charge in [0.1, 0.15) is 5.60 Å². The Morgan fingerprint density at radius 3 is 3.00 bits per heavy atom. The van der Waals surface area contributed by atoms with E-state index in [1.54, 1.807) is 0 Å². The molecule has 100 valence electrons. The molecule has 0 aromatic carbocycles. The lowest BCUT2D eigenvalue weighted by molar-refractivity contribution is 0.00768. The number of nitrogens with zero attached hydrogens (tertiary/aromatic N) is 2. The molecule has 3 rings (SSSR count). The maximum absolute atomic E-state index is 6.07. The van der Waals surface area contributed by atoms with Gasteiger partial charge in [-0.15, -0.1) is 0 Å². The molecule has 1 aromatic rings. The maximum Gasteiger partial charge on any atom is 0.233 e. The Balaban J connectivity index is 1.80. The van der Waals surface area contributed by atoms with Crippen LogP contribution < -0.4 is 5.73 Å². The van der Waals surface area contributed by atoms with E-state index in [4.69, 9.17) is 19.7 Å². The van der Waals surface area contributed by atoms with Crippen LogP contribution in [0.2, 0.25) is 0 Å². The standard InChI is InChI=1S/C12H19N3O3/c1-12(4-2-5-17-12)11-14-10(18-15-11)8-7-16-6-3-9(8)13/h8-9H,2-7,13H2,1H3. The summed E-state index contributed by atoms with van der Waals surface area (Å²) in [5.41, 5.74) is 5.67. The third-order valence-corrected chi connectivity index (χ3v) is 3.86. The molecule has 0 radical (unpaired) electrons. The lowest BCUT2D eigenvalue weighted by atomic mass is 9.96. The summed E-state index contributed by atoms with van der Waals surface area (Å²) in [7, 11) is 0. The van der Waals surface area contributed by atoms with Gasteiger partial charge < -0.3 is 19.7 Å². The van der Waals surface area contributed by atoms with Gasteiger partial charge in [-0.3, -0.25) is 0 Å². The van der Waals surface area contributed by atoms with Crippen LogP contribution >= 0.6 is 0 Å². The molecule has 1 aromatic heterocycles. The van der Waals surface area contributed by atoms with E-state index >= 15 is 0 Å². The minimum absolute atomic E-state index is 0.00463. The molecule has 3 atom stereocenters. The number of nitrogens with two attached hydrogens (primary N) is 1. The zero-order valence-electron chi connectivity index (χ0n) is 10.6. The van der Waals surface area contributed by atoms with Crippen LogP contribution in [0.4, 0.5) is 0 Å². The summed E-state index contributed by atoms with van der Waals surface area (Å²) in [5, 5.41) is 4.06. The zero-order chi connectivity index (χ0) is 12.6. The molecule has 0 bridgehead atoms. The van der Waals surface area contributed by atoms with Crippen molar-refractivity contribution in [3.63, 3.8) is 0 Å². The van der Waals surface area contributed by atoms with Crippen molar-refractivity contribution in [2.45, 2.75) is 43.7 Å². The molecule has 2 fully saturated rings. The van der Waals surface area contributed by atoms with Crippen molar-refractivity contribution >= 4 is 0 Å². The predicted molar refractivity (Wildman–Crippen MR) is 63.0 cm³/mol. The van der Waals surface area contributed by atoms with Gasteiger partial charge in [0.05, 0.1) is 12.5 Å². The van der Waals surface area contributed by atoms with Crippen LogP contribution in [0.5, 0.6) is 0 Å². The van der Waals surface area contributed by atoms with Crippen LogP contribution in [0.25, 0.3) is 0 Å². The number of hydrogen-bond acceptors (Lipinski definition) is 6. The van der Waals surface area contributed by atoms with E-state index in [0.717, 1.165) is 25.9 Å². The fourth-order valence-electron chi connectivity index (χ4n) is 2.56. The van der Waals surface area contributed by atoms with Crippen molar-refractivity contribution in [1.82, 2.24) is 10.1 Å². The normalized spacial score (nSPS) is 37.0. The first-order valence-electron chi connectivity index (χ1n) is 6.50. The molecule has 6 nitrogen and oxygen atoms in total. The molecule has 0 saturated carbocycles. The molecule has 18 heavy (non-hydrogen) atoms. The van der Waals surface area contributed by atoms with Crippen molar-refractivity contribution in [1.29, 1.82) is 0 Å². The van der Waals surface area contributed by atoms with Crippen LogP contribution in [0.15, 0.2) is 4.52 Å². The second kappa shape index (κ2) is 4.60. The summed E-state index contributed by atoms with van der Waals surface area (Å²) < 4.78 is 16.5. The van der Waals surface area contributed by atoms with Crippen LogP contribution in [0, 0.1) is 0 Å². The van der Waals surface area contributed by atoms with Gasteiger partial charge in [0.25, 0.3) is 0 Å². The third-order valence-electron chi connectivity index (χ3n) is 3.86. The molecule has 3 unspecified atom stereocenters. The molecule has 3 heterocycles. The van der Waals surface area contributed by atoms with Gasteiger partial charge in [0.15, 0.2) is 0 Å². The van der Waals surface area contributed by atoms with Gasteiger partial charge in [-0.25, -0.2) is 0 Å². The van der Waals surface area contributed by atoms with Crippen molar-refractivity contribution in [2.24, 2.45) is 5.73 Å². The first-order chi connectivity index (χ1) is 8.69. The second-order valence-corrected chi connectivity index (χ2v) is 5.27. The smallest absolute Gasteiger partial charge is 0.233 e. The first kappa shape index (κ1) is 12.1. The third kappa shape index (κ3) is 2.04. The highest BCUT2D eigenvalue weighted by Crippen LogP contribution is 2.34. The summed E-state index contributed by atoms with van der Waals surface area (Å²) in [6.07, 6.45) is 2.79. The van der Waals surface area contributed by atoms with Crippen LogP contribution in [0.3, 0.4) is 0 Å². The van der Waals surface area contributed by atoms with Crippen molar-refractivity contribution in [3.8, 4) is 0 Å². The van der Waals surface area contributed by atoms with Crippen LogP contribution in [0.1, 0.15) is 43.8 Å². The van der Waals surface area contributed by atoms with E-state index in [0.29, 0.717) is 24.9 Å². The monoisotopic (exact) mass is 253 g/mol. The lowest BCUT2D eigenvalue weighted by Crippen LogP contribution is -2.37. The van der Waals surface area contributed by atoms with Crippen molar-refractivity contribution in [2.75, 3.05) is 19.8 Å². The Labute approximate surface area is 106 Å². The van der Waals surface area contributed by atoms with Gasteiger partial charge in [-0.2, -0.15) is 4.98 Å². The minimum Gasteiger partial charge on any atom is -0.381 e. The highest BCUT2D eigenvalue weighted by molar-refractivity contribution is 5.06. The largest absolute Gasteiger partial charge is 0.381 e. The second-order valence-electron chi connectivity index (χ2n) is 5.27. The molecule has 0 spiro atoms. The van der Waals surface area contributed by atoms with Crippen molar-refractivity contribution in [3.05, 3.63) is 11.7 Å². The maximum atomic E-state index is 6.07. The van der Waals surface area contributed by atoms with E-state index in [9.17, 15) is 0 Å². The number of ether oxygens (including phenoxy) is 2. The summed E-state index contributed by atoms with van der Waals surface area (Å²) in [5.74, 6) is 1.21. The molecule has 0 amide bonds. The molecule has 0 aliphatic carbocycles. The van der Waals surface area contributed by atoms with E-state index in [1.165, 1.54) is 0 Å². The van der Waals surface area contributed by atoms with Gasteiger partial charge in [-0.05, 0) is 26.2 Å². The molecule has 2 saturated heterocycles. The average Bonchev–Trinajstić information content (AvgIpc) is 2.99. The Morgan fingerprint density at radius 1 is 1.39 bits per heavy atom. The fraction of sp³-hybridized carbons (Fsp3) is 0.833. The molecule has 6 heteroatoms. The Morgan fingerprint density at radius 2 is 2.28 bits per heavy atom. The fourth-order valence-corrected chi connectivity index (χ4v) is 2.56. The SMILES string of the molecule is CC1(c2noc(C3COCCC3N)n2)CCCO1. The molecular formula is C12H19N3O3. The summed E-state index contributed by atoms with van der Waals surface area (Å²) in [6, 6.07) is 0.0318. The van der Waals surface area contributed by atoms with E-state index in [1.807, 2.05) is 6.92 Å². The van der Waals surface area contributed by atoms with Gasteiger partial charge >= 0.3 is 0 Å². The van der Waals surface area contributed by atoms with Gasteiger partial charge in [-0.1, -0.05) is 5.16 Å². The van der Waals surface area contributed by atoms with Crippen molar-refractivity contribution < 1.29 is 14.0 Å². The highest BCUT2D eigenvalue weighted by Gasteiger charge is 2.38. The summed E-state index contributed by atoms with van der Waals surface area (Å²) in [6.45, 7) is 4.03. The Hall–Kier alpha value is -0.980. The first-order valence-corrected chi connectivity index (χ1v) is 6.50. The summed E-state index contributed by atoms with van der Waals surface area (Å²) in [4.78, 5) is 4.48. The molecule has 2 aliphatic rings. The summed E-state index contributed by atoms with van der Waals surface area (Å²) >= 11 is 0. The zero-order valence-corrected chi connectivity index (χ0v) is 10.6. The quantitative estimate of drug-likeness (QED) is 0.844. The van der Waals surface area contributed by atoms with E-state index in [-0.39, 0.29) is 12.0 Å². The Bertz CT molecular complexity index is 414. The van der Waals surface area contributed by atoms with Crippen LogP contribution in [-0.2, 0) is 15.1 Å². The average molecular weight is 253 g/mol. The number of hydrogen-bond donors (Lipinski definition) is 1. The number of rotatable bonds is 2. The van der Waals surface area contributed by atoms with Gasteiger partial charge in [0, 0.05) is 19.3 Å². The minimum atomic E-state index is -0.401. The number of aromatic nitrogens is 2. The highest BCUT2D eigenvalue weighted by atomic mass is 16.5. The predicted octanol–water partition coefficient (Wildman–Crippen LogP) is 0.926. The molecular weight excluding hydrogens is 234 g/mol. The van der Waals surface area contributed by atoms with E-state index in [2.05, 4.69) is 10.1 Å². The molecule has 2 aliphatic heterocycles. The van der Waals surface area contributed by atoms with Gasteiger partial charge in [0.2, 0.25) is 11.7 Å². The lowest BCUT2D eigenvalue weighted by Gasteiger charge is -2.25.